The van der Waals surface area contributed by atoms with E-state index in [1.165, 1.54) is 31.2 Å². The molecule has 0 fully saturated rings. The Kier molecular flexibility index (Phi) is 5.92. The Morgan fingerprint density at radius 3 is 2.38 bits per heavy atom. The fourth-order valence-electron chi connectivity index (χ4n) is 3.98. The quantitative estimate of drug-likeness (QED) is 0.328. The Morgan fingerprint density at radius 2 is 1.65 bits per heavy atom. The summed E-state index contributed by atoms with van der Waals surface area (Å²) < 4.78 is 2.37. The van der Waals surface area contributed by atoms with Gasteiger partial charge in [-0.15, -0.1) is 0 Å². The van der Waals surface area contributed by atoms with Gasteiger partial charge in [0.25, 0.3) is 0 Å². The van der Waals surface area contributed by atoms with Crippen molar-refractivity contribution in [3.8, 4) is 0 Å². The molecule has 3 rings (SSSR count). The molecule has 0 spiro atoms. The van der Waals surface area contributed by atoms with Gasteiger partial charge in [-0.05, 0) is 26.3 Å². The minimum atomic E-state index is 0.122. The fourth-order valence-corrected chi connectivity index (χ4v) is 3.98. The number of fused-ring (bicyclic) bond motifs is 1. The van der Waals surface area contributed by atoms with E-state index in [0.717, 1.165) is 28.6 Å². The van der Waals surface area contributed by atoms with Gasteiger partial charge in [0.2, 0.25) is 0 Å². The lowest BCUT2D eigenvalue weighted by Crippen LogP contribution is -2.09. The summed E-state index contributed by atoms with van der Waals surface area (Å²) >= 11 is 0. The van der Waals surface area contributed by atoms with Gasteiger partial charge in [-0.25, -0.2) is 0 Å². The maximum absolute atomic E-state index is 13.2. The zero-order chi connectivity index (χ0) is 18.5. The Bertz CT molecular complexity index is 876. The molecular formula is C24H29NO. The van der Waals surface area contributed by atoms with Crippen LogP contribution in [-0.2, 0) is 0 Å². The van der Waals surface area contributed by atoms with E-state index in [2.05, 4.69) is 43.5 Å². The van der Waals surface area contributed by atoms with E-state index in [9.17, 15) is 4.79 Å². The van der Waals surface area contributed by atoms with Crippen LogP contribution in [0, 0.1) is 6.92 Å². The van der Waals surface area contributed by atoms with E-state index in [1.54, 1.807) is 0 Å². The van der Waals surface area contributed by atoms with Crippen LogP contribution in [0.3, 0.4) is 0 Å². The van der Waals surface area contributed by atoms with Gasteiger partial charge in [-0.2, -0.15) is 0 Å². The van der Waals surface area contributed by atoms with Gasteiger partial charge in [0.05, 0.1) is 5.56 Å². The van der Waals surface area contributed by atoms with Crippen LogP contribution in [0.1, 0.15) is 73.6 Å². The lowest BCUT2D eigenvalue weighted by molar-refractivity contribution is 0.103. The maximum atomic E-state index is 13.2. The summed E-state index contributed by atoms with van der Waals surface area (Å²) in [5.74, 6) is 0.122. The average molecular weight is 348 g/mol. The summed E-state index contributed by atoms with van der Waals surface area (Å²) in [6.45, 7) is 6.62. The smallest absolute Gasteiger partial charge is 0.195 e. The molecule has 0 radical (unpaired) electrons. The Balaban J connectivity index is 2.00. The monoisotopic (exact) mass is 347 g/mol. The van der Waals surface area contributed by atoms with E-state index < -0.39 is 0 Å². The highest BCUT2D eigenvalue weighted by molar-refractivity contribution is 6.17. The van der Waals surface area contributed by atoms with Gasteiger partial charge in [-0.1, -0.05) is 81.1 Å². The highest BCUT2D eigenvalue weighted by Crippen LogP contribution is 2.32. The van der Waals surface area contributed by atoms with Crippen LogP contribution in [-0.4, -0.2) is 10.4 Å². The van der Waals surface area contributed by atoms with Crippen molar-refractivity contribution in [2.24, 2.45) is 0 Å². The number of rotatable bonds is 8. The van der Waals surface area contributed by atoms with E-state index in [4.69, 9.17) is 0 Å². The largest absolute Gasteiger partial charge is 0.341 e. The van der Waals surface area contributed by atoms with Crippen molar-refractivity contribution >= 4 is 16.7 Å². The summed E-state index contributed by atoms with van der Waals surface area (Å²) in [6.07, 6.45) is 6.24. The molecule has 0 bridgehead atoms. The molecule has 3 aromatic rings. The number of aromatic nitrogens is 1. The molecule has 2 heteroatoms. The third-order valence-corrected chi connectivity index (χ3v) is 5.34. The Labute approximate surface area is 156 Å². The molecule has 1 heterocycles. The van der Waals surface area contributed by atoms with Crippen LogP contribution in [0.4, 0.5) is 0 Å². The fraction of sp³-hybridized carbons (Fsp3) is 0.375. The topological polar surface area (TPSA) is 22.0 Å². The van der Waals surface area contributed by atoms with Crippen LogP contribution < -0.4 is 0 Å². The Hall–Kier alpha value is -2.35. The second-order valence-corrected chi connectivity index (χ2v) is 7.24. The first-order valence-corrected chi connectivity index (χ1v) is 9.84. The molecule has 0 saturated heterocycles. The third-order valence-electron chi connectivity index (χ3n) is 5.34. The highest BCUT2D eigenvalue weighted by Gasteiger charge is 2.22. The molecule has 2 nitrogen and oxygen atoms in total. The van der Waals surface area contributed by atoms with Gasteiger partial charge < -0.3 is 4.57 Å². The summed E-state index contributed by atoms with van der Waals surface area (Å²) in [5, 5.41) is 1.07. The molecule has 0 N–H and O–H groups in total. The van der Waals surface area contributed by atoms with Crippen LogP contribution in [0.5, 0.6) is 0 Å². The number of para-hydroxylation sites is 1. The lowest BCUT2D eigenvalue weighted by Gasteiger charge is -2.18. The van der Waals surface area contributed by atoms with E-state index >= 15 is 0 Å². The number of unbranched alkanes of at least 4 members (excludes halogenated alkanes) is 3. The summed E-state index contributed by atoms with van der Waals surface area (Å²) in [6, 6.07) is 18.3. The molecule has 0 aliphatic heterocycles. The predicted molar refractivity (Wildman–Crippen MR) is 110 cm³/mol. The highest BCUT2D eigenvalue weighted by atomic mass is 16.1. The van der Waals surface area contributed by atoms with Gasteiger partial charge in [0.1, 0.15) is 0 Å². The van der Waals surface area contributed by atoms with Crippen molar-refractivity contribution in [2.75, 3.05) is 0 Å². The zero-order valence-electron chi connectivity index (χ0n) is 16.2. The third kappa shape index (κ3) is 3.60. The number of hydrogen-bond acceptors (Lipinski definition) is 1. The normalized spacial score (nSPS) is 12.4. The van der Waals surface area contributed by atoms with Gasteiger partial charge >= 0.3 is 0 Å². The molecular weight excluding hydrogens is 318 g/mol. The van der Waals surface area contributed by atoms with Crippen LogP contribution in [0.15, 0.2) is 54.6 Å². The molecule has 1 aromatic heterocycles. The van der Waals surface area contributed by atoms with Gasteiger partial charge in [-0.3, -0.25) is 4.79 Å². The van der Waals surface area contributed by atoms with Crippen molar-refractivity contribution in [1.82, 2.24) is 4.57 Å². The zero-order valence-corrected chi connectivity index (χ0v) is 16.2. The first kappa shape index (κ1) is 18.4. The SMILES string of the molecule is CCCCCCC(C)n1c(C)c(C(=O)c2ccccc2)c2ccccc21. The van der Waals surface area contributed by atoms with Gasteiger partial charge in [0.15, 0.2) is 5.78 Å². The van der Waals surface area contributed by atoms with Crippen molar-refractivity contribution in [3.05, 3.63) is 71.4 Å². The number of ketones is 1. The van der Waals surface area contributed by atoms with Crippen molar-refractivity contribution in [1.29, 1.82) is 0 Å². The van der Waals surface area contributed by atoms with Crippen LogP contribution in [0.2, 0.25) is 0 Å². The van der Waals surface area contributed by atoms with E-state index in [1.807, 2.05) is 36.4 Å². The molecule has 2 aromatic carbocycles. The summed E-state index contributed by atoms with van der Waals surface area (Å²) in [5.41, 5.74) is 3.87. The average Bonchev–Trinajstić information content (AvgIpc) is 2.97. The number of benzene rings is 2. The lowest BCUT2D eigenvalue weighted by atomic mass is 10.0. The minimum Gasteiger partial charge on any atom is -0.341 e. The second-order valence-electron chi connectivity index (χ2n) is 7.24. The summed E-state index contributed by atoms with van der Waals surface area (Å²) in [4.78, 5) is 13.2. The predicted octanol–water partition coefficient (Wildman–Crippen LogP) is 6.71. The van der Waals surface area contributed by atoms with Crippen LogP contribution in [0.25, 0.3) is 10.9 Å². The van der Waals surface area contributed by atoms with Crippen molar-refractivity contribution in [2.45, 2.75) is 58.9 Å². The molecule has 0 amide bonds. The first-order chi connectivity index (χ1) is 12.6. The molecule has 0 saturated carbocycles. The Morgan fingerprint density at radius 1 is 0.962 bits per heavy atom. The first-order valence-electron chi connectivity index (χ1n) is 9.84. The maximum Gasteiger partial charge on any atom is 0.195 e. The number of nitrogens with zero attached hydrogens (tertiary/aromatic N) is 1. The molecule has 0 aliphatic carbocycles. The van der Waals surface area contributed by atoms with E-state index in [0.29, 0.717) is 6.04 Å². The van der Waals surface area contributed by atoms with Crippen LogP contribution >= 0.6 is 0 Å². The summed E-state index contributed by atoms with van der Waals surface area (Å²) in [7, 11) is 0. The standard InChI is InChI=1S/C24H29NO/c1-4-5-6-8-13-18(2)25-19(3)23(21-16-11-12-17-22(21)25)24(26)20-14-9-7-10-15-20/h7,9-12,14-18H,4-6,8,13H2,1-3H3. The number of hydrogen-bond donors (Lipinski definition) is 0. The number of carbonyl (C=O) groups excluding carboxylic acids is 1. The van der Waals surface area contributed by atoms with Crippen molar-refractivity contribution in [3.63, 3.8) is 0 Å². The second kappa shape index (κ2) is 8.35. The minimum absolute atomic E-state index is 0.122. The molecule has 26 heavy (non-hydrogen) atoms. The van der Waals surface area contributed by atoms with E-state index in [-0.39, 0.29) is 5.78 Å². The molecule has 1 atom stereocenters. The molecule has 136 valence electrons. The molecule has 1 unspecified atom stereocenters. The number of carbonyl (C=O) groups is 1. The van der Waals surface area contributed by atoms with Crippen molar-refractivity contribution < 1.29 is 4.79 Å². The molecule has 0 aliphatic rings. The van der Waals surface area contributed by atoms with Gasteiger partial charge in [0, 0.05) is 28.2 Å².